The molecule has 0 spiro atoms. The lowest BCUT2D eigenvalue weighted by atomic mass is 9.88. The quantitative estimate of drug-likeness (QED) is 0.906. The van der Waals surface area contributed by atoms with E-state index in [1.165, 1.54) is 16.5 Å². The van der Waals surface area contributed by atoms with Gasteiger partial charge in [0.2, 0.25) is 5.91 Å². The number of likely N-dealkylation sites (tertiary alicyclic amines) is 1. The zero-order valence-electron chi connectivity index (χ0n) is 14.1. The first-order valence-electron chi connectivity index (χ1n) is 9.21. The molecule has 1 saturated carbocycles. The summed E-state index contributed by atoms with van der Waals surface area (Å²) in [4.78, 5) is 17.8. The molecule has 0 atom stereocenters. The monoisotopic (exact) mass is 326 g/mol. The molecule has 2 aliphatic rings. The minimum Gasteiger partial charge on any atom is -0.389 e. The second-order valence-corrected chi connectivity index (χ2v) is 7.55. The molecule has 1 aliphatic carbocycles. The topological polar surface area (TPSA) is 56.3 Å². The molecular weight excluding hydrogens is 300 g/mol. The lowest BCUT2D eigenvalue weighted by Gasteiger charge is -2.34. The number of hydrogen-bond donors (Lipinski definition) is 2. The molecule has 1 saturated heterocycles. The van der Waals surface area contributed by atoms with E-state index in [9.17, 15) is 9.90 Å². The number of benzene rings is 1. The number of carbonyl (C=O) groups excluding carboxylic acids is 1. The number of nitrogens with one attached hydrogen (secondary N) is 1. The first-order valence-corrected chi connectivity index (χ1v) is 9.21. The number of para-hydroxylation sites is 1. The zero-order valence-corrected chi connectivity index (χ0v) is 14.1. The van der Waals surface area contributed by atoms with Gasteiger partial charge in [-0.2, -0.15) is 0 Å². The number of aliphatic hydroxyl groups is 1. The molecule has 0 bridgehead atoms. The van der Waals surface area contributed by atoms with Gasteiger partial charge in [-0.05, 0) is 43.2 Å². The maximum absolute atomic E-state index is 12.5. The third-order valence-electron chi connectivity index (χ3n) is 5.92. The van der Waals surface area contributed by atoms with Crippen LogP contribution in [0.5, 0.6) is 0 Å². The Labute approximate surface area is 142 Å². The number of hydrogen-bond acceptors (Lipinski definition) is 2. The maximum Gasteiger partial charge on any atom is 0.225 e. The first kappa shape index (κ1) is 15.7. The van der Waals surface area contributed by atoms with Crippen LogP contribution in [-0.4, -0.2) is 39.6 Å². The van der Waals surface area contributed by atoms with Crippen molar-refractivity contribution in [1.82, 2.24) is 9.88 Å². The van der Waals surface area contributed by atoms with E-state index in [1.807, 2.05) is 4.90 Å². The zero-order chi connectivity index (χ0) is 16.6. The van der Waals surface area contributed by atoms with Gasteiger partial charge in [-0.15, -0.1) is 0 Å². The van der Waals surface area contributed by atoms with Crippen molar-refractivity contribution in [1.29, 1.82) is 0 Å². The Morgan fingerprint density at radius 1 is 1.21 bits per heavy atom. The van der Waals surface area contributed by atoms with Crippen LogP contribution in [-0.2, 0) is 4.79 Å². The summed E-state index contributed by atoms with van der Waals surface area (Å²) in [5.74, 6) is 0.650. The van der Waals surface area contributed by atoms with Gasteiger partial charge in [0.15, 0.2) is 0 Å². The SMILES string of the molecule is O=C(CC1(O)CCCC1)N1CCC(c2c[nH]c3ccccc23)CC1. The summed E-state index contributed by atoms with van der Waals surface area (Å²) in [6, 6.07) is 8.42. The fourth-order valence-electron chi connectivity index (χ4n) is 4.47. The molecule has 0 unspecified atom stereocenters. The molecule has 1 aliphatic heterocycles. The highest BCUT2D eigenvalue weighted by atomic mass is 16.3. The van der Waals surface area contributed by atoms with E-state index in [-0.39, 0.29) is 5.91 Å². The number of rotatable bonds is 3. The van der Waals surface area contributed by atoms with Crippen LogP contribution in [0.4, 0.5) is 0 Å². The highest BCUT2D eigenvalue weighted by Crippen LogP contribution is 2.35. The fraction of sp³-hybridized carbons (Fsp3) is 0.550. The number of nitrogens with zero attached hydrogens (tertiary/aromatic N) is 1. The molecule has 4 heteroatoms. The van der Waals surface area contributed by atoms with Crippen molar-refractivity contribution in [2.75, 3.05) is 13.1 Å². The van der Waals surface area contributed by atoms with Gasteiger partial charge < -0.3 is 15.0 Å². The Morgan fingerprint density at radius 3 is 2.67 bits per heavy atom. The largest absolute Gasteiger partial charge is 0.389 e. The van der Waals surface area contributed by atoms with Crippen molar-refractivity contribution in [3.8, 4) is 0 Å². The van der Waals surface area contributed by atoms with Crippen LogP contribution in [0.2, 0.25) is 0 Å². The molecule has 2 heterocycles. The van der Waals surface area contributed by atoms with Gasteiger partial charge in [0.25, 0.3) is 0 Å². The van der Waals surface area contributed by atoms with E-state index in [2.05, 4.69) is 35.4 Å². The summed E-state index contributed by atoms with van der Waals surface area (Å²) in [7, 11) is 0. The molecule has 1 amide bonds. The van der Waals surface area contributed by atoms with Crippen LogP contribution >= 0.6 is 0 Å². The summed E-state index contributed by atoms with van der Waals surface area (Å²) >= 11 is 0. The highest BCUT2D eigenvalue weighted by Gasteiger charge is 2.35. The van der Waals surface area contributed by atoms with Crippen molar-refractivity contribution in [3.63, 3.8) is 0 Å². The van der Waals surface area contributed by atoms with Gasteiger partial charge in [-0.1, -0.05) is 31.0 Å². The highest BCUT2D eigenvalue weighted by molar-refractivity contribution is 5.83. The van der Waals surface area contributed by atoms with Crippen molar-refractivity contribution >= 4 is 16.8 Å². The molecular formula is C20H26N2O2. The molecule has 24 heavy (non-hydrogen) atoms. The van der Waals surface area contributed by atoms with Crippen LogP contribution < -0.4 is 0 Å². The fourth-order valence-corrected chi connectivity index (χ4v) is 4.47. The van der Waals surface area contributed by atoms with E-state index in [0.717, 1.165) is 51.6 Å². The molecule has 4 rings (SSSR count). The second-order valence-electron chi connectivity index (χ2n) is 7.55. The number of fused-ring (bicyclic) bond motifs is 1. The standard InChI is InChI=1S/C20H26N2O2/c23-19(13-20(24)9-3-4-10-20)22-11-7-15(8-12-22)17-14-21-18-6-2-1-5-16(17)18/h1-2,5-6,14-15,21,24H,3-4,7-13H2. The molecule has 0 radical (unpaired) electrons. The minimum absolute atomic E-state index is 0.136. The molecule has 2 aromatic rings. The third-order valence-corrected chi connectivity index (χ3v) is 5.92. The Hall–Kier alpha value is -1.81. The number of piperidine rings is 1. The van der Waals surface area contributed by atoms with E-state index in [0.29, 0.717) is 12.3 Å². The van der Waals surface area contributed by atoms with Crippen LogP contribution in [0.1, 0.15) is 56.4 Å². The Bertz CT molecular complexity index is 722. The predicted molar refractivity (Wildman–Crippen MR) is 94.9 cm³/mol. The summed E-state index contributed by atoms with van der Waals surface area (Å²) in [5.41, 5.74) is 1.84. The van der Waals surface area contributed by atoms with Gasteiger partial charge in [-0.25, -0.2) is 0 Å². The normalized spacial score (nSPS) is 21.5. The van der Waals surface area contributed by atoms with E-state index in [4.69, 9.17) is 0 Å². The van der Waals surface area contributed by atoms with Crippen molar-refractivity contribution < 1.29 is 9.90 Å². The van der Waals surface area contributed by atoms with Gasteiger partial charge in [-0.3, -0.25) is 4.79 Å². The second kappa shape index (κ2) is 6.25. The summed E-state index contributed by atoms with van der Waals surface area (Å²) in [5, 5.41) is 11.8. The summed E-state index contributed by atoms with van der Waals surface area (Å²) < 4.78 is 0. The summed E-state index contributed by atoms with van der Waals surface area (Å²) in [6.07, 6.45) is 8.12. The van der Waals surface area contributed by atoms with Crippen molar-refractivity contribution in [3.05, 3.63) is 36.0 Å². The van der Waals surface area contributed by atoms with E-state index in [1.54, 1.807) is 0 Å². The number of carbonyl (C=O) groups is 1. The van der Waals surface area contributed by atoms with Gasteiger partial charge in [0, 0.05) is 30.2 Å². The maximum atomic E-state index is 12.5. The predicted octanol–water partition coefficient (Wildman–Crippen LogP) is 3.57. The van der Waals surface area contributed by atoms with Gasteiger partial charge >= 0.3 is 0 Å². The lowest BCUT2D eigenvalue weighted by Crippen LogP contribution is -2.42. The van der Waals surface area contributed by atoms with E-state index >= 15 is 0 Å². The van der Waals surface area contributed by atoms with Crippen molar-refractivity contribution in [2.45, 2.75) is 56.5 Å². The molecule has 1 aromatic heterocycles. The number of aromatic nitrogens is 1. The molecule has 2 fully saturated rings. The smallest absolute Gasteiger partial charge is 0.225 e. The average Bonchev–Trinajstić information content (AvgIpc) is 3.21. The first-order chi connectivity index (χ1) is 11.6. The average molecular weight is 326 g/mol. The molecule has 2 N–H and O–H groups in total. The van der Waals surface area contributed by atoms with E-state index < -0.39 is 5.60 Å². The van der Waals surface area contributed by atoms with Crippen LogP contribution in [0, 0.1) is 0 Å². The van der Waals surface area contributed by atoms with Crippen LogP contribution in [0.15, 0.2) is 30.5 Å². The third kappa shape index (κ3) is 2.95. The Kier molecular flexibility index (Phi) is 4.09. The Balaban J connectivity index is 1.39. The van der Waals surface area contributed by atoms with Crippen molar-refractivity contribution in [2.24, 2.45) is 0 Å². The molecule has 4 nitrogen and oxygen atoms in total. The number of aromatic amines is 1. The minimum atomic E-state index is -0.731. The van der Waals surface area contributed by atoms with Gasteiger partial charge in [0.1, 0.15) is 0 Å². The lowest BCUT2D eigenvalue weighted by molar-refractivity contribution is -0.137. The molecule has 128 valence electrons. The molecule has 1 aromatic carbocycles. The number of amides is 1. The van der Waals surface area contributed by atoms with Crippen LogP contribution in [0.25, 0.3) is 10.9 Å². The summed E-state index contributed by atoms with van der Waals surface area (Å²) in [6.45, 7) is 1.61. The Morgan fingerprint density at radius 2 is 1.92 bits per heavy atom. The van der Waals surface area contributed by atoms with Gasteiger partial charge in [0.05, 0.1) is 12.0 Å². The van der Waals surface area contributed by atoms with Crippen LogP contribution in [0.3, 0.4) is 0 Å². The number of H-pyrrole nitrogens is 1.